The minimum Gasteiger partial charge on any atom is -0.310 e. The van der Waals surface area contributed by atoms with Crippen molar-refractivity contribution in [2.24, 2.45) is 0 Å². The van der Waals surface area contributed by atoms with Gasteiger partial charge in [0.05, 0.1) is 12.2 Å². The molecule has 0 unspecified atom stereocenters. The Hall–Kier alpha value is -3.16. The molecule has 0 spiro atoms. The van der Waals surface area contributed by atoms with Crippen LogP contribution in [0.2, 0.25) is 0 Å². The highest BCUT2D eigenvalue weighted by Gasteiger charge is 2.51. The highest BCUT2D eigenvalue weighted by Crippen LogP contribution is 2.39. The van der Waals surface area contributed by atoms with Gasteiger partial charge in [-0.2, -0.15) is 13.2 Å². The highest BCUT2D eigenvalue weighted by atomic mass is 32.2. The van der Waals surface area contributed by atoms with Gasteiger partial charge in [0.2, 0.25) is 5.91 Å². The summed E-state index contributed by atoms with van der Waals surface area (Å²) in [6, 6.07) is 7.80. The molecule has 1 aromatic heterocycles. The fourth-order valence-electron chi connectivity index (χ4n) is 3.83. The summed E-state index contributed by atoms with van der Waals surface area (Å²) in [4.78, 5) is 49.3. The Labute approximate surface area is 224 Å². The first kappa shape index (κ1) is 29.4. The van der Waals surface area contributed by atoms with Crippen LogP contribution < -0.4 is 10.2 Å². The van der Waals surface area contributed by atoms with Crippen LogP contribution in [0.5, 0.6) is 0 Å². The number of rotatable bonds is 10. The second-order valence-corrected chi connectivity index (χ2v) is 10.9. The van der Waals surface area contributed by atoms with E-state index >= 15 is 0 Å². The van der Waals surface area contributed by atoms with Crippen molar-refractivity contribution in [3.63, 3.8) is 0 Å². The van der Waals surface area contributed by atoms with Gasteiger partial charge in [0.1, 0.15) is 11.4 Å². The zero-order valence-electron chi connectivity index (χ0n) is 21.9. The number of imide groups is 1. The highest BCUT2D eigenvalue weighted by molar-refractivity contribution is 8.00. The molecule has 0 radical (unpaired) electrons. The summed E-state index contributed by atoms with van der Waals surface area (Å²) in [5.74, 6) is -0.414. The van der Waals surface area contributed by atoms with Crippen LogP contribution in [0.4, 0.5) is 29.5 Å². The molecular formula is C25H31F3N6O3S. The van der Waals surface area contributed by atoms with E-state index in [0.29, 0.717) is 17.9 Å². The maximum absolute atomic E-state index is 13.3. The summed E-state index contributed by atoms with van der Waals surface area (Å²) in [6.07, 6.45) is 1.50. The van der Waals surface area contributed by atoms with Crippen LogP contribution in [-0.4, -0.2) is 89.4 Å². The van der Waals surface area contributed by atoms with Crippen LogP contribution in [0.3, 0.4) is 0 Å². The first-order valence-corrected chi connectivity index (χ1v) is 12.6. The van der Waals surface area contributed by atoms with Crippen LogP contribution in [0.15, 0.2) is 47.5 Å². The smallest absolute Gasteiger partial charge is 0.310 e. The predicted octanol–water partition coefficient (Wildman–Crippen LogP) is 3.87. The fourth-order valence-corrected chi connectivity index (χ4v) is 4.37. The zero-order valence-corrected chi connectivity index (χ0v) is 22.7. The summed E-state index contributed by atoms with van der Waals surface area (Å²) in [5.41, 5.74) is -4.82. The summed E-state index contributed by atoms with van der Waals surface area (Å²) in [5, 5.41) is 2.75. The van der Waals surface area contributed by atoms with Crippen LogP contribution in [0.25, 0.3) is 0 Å². The SMILES string of the molecule is CN(C)CCN(C)CC(=O)Nc1cc(CN2C(=O)N(c3ccc(SC(F)(F)F)cc3)C(=O)C2(C)C)ccn1. The van der Waals surface area contributed by atoms with Crippen molar-refractivity contribution in [1.82, 2.24) is 19.7 Å². The number of aromatic nitrogens is 1. The van der Waals surface area contributed by atoms with Gasteiger partial charge in [0, 0.05) is 30.7 Å². The number of benzene rings is 1. The minimum absolute atomic E-state index is 0.0493. The molecule has 206 valence electrons. The van der Waals surface area contributed by atoms with Crippen LogP contribution >= 0.6 is 11.8 Å². The number of hydrogen-bond acceptors (Lipinski definition) is 7. The molecule has 4 amide bonds. The number of thioether (sulfide) groups is 1. The average molecular weight is 553 g/mol. The molecule has 3 rings (SSSR count). The molecule has 2 heterocycles. The number of hydrogen-bond donors (Lipinski definition) is 1. The Morgan fingerprint density at radius 1 is 1.08 bits per heavy atom. The number of anilines is 2. The Balaban J connectivity index is 1.70. The van der Waals surface area contributed by atoms with Gasteiger partial charge in [0.15, 0.2) is 0 Å². The van der Waals surface area contributed by atoms with E-state index in [-0.39, 0.29) is 41.3 Å². The third-order valence-corrected chi connectivity index (χ3v) is 6.67. The van der Waals surface area contributed by atoms with Crippen molar-refractivity contribution in [3.8, 4) is 0 Å². The first-order chi connectivity index (χ1) is 17.7. The van der Waals surface area contributed by atoms with E-state index in [0.717, 1.165) is 11.4 Å². The maximum Gasteiger partial charge on any atom is 0.446 e. The lowest BCUT2D eigenvalue weighted by Crippen LogP contribution is -2.43. The Bertz CT molecular complexity index is 1170. The fraction of sp³-hybridized carbons (Fsp3) is 0.440. The molecule has 1 aliphatic rings. The summed E-state index contributed by atoms with van der Waals surface area (Å²) >= 11 is -0.272. The van der Waals surface area contributed by atoms with Gasteiger partial charge in [-0.15, -0.1) is 0 Å². The lowest BCUT2D eigenvalue weighted by Gasteiger charge is -2.27. The molecule has 1 aliphatic heterocycles. The van der Waals surface area contributed by atoms with Crippen molar-refractivity contribution in [2.75, 3.05) is 51.0 Å². The van der Waals surface area contributed by atoms with E-state index in [4.69, 9.17) is 0 Å². The molecule has 1 saturated heterocycles. The topological polar surface area (TPSA) is 89.1 Å². The standard InChI is InChI=1S/C25H31F3N6O3S/c1-24(2)22(36)34(18-6-8-19(9-7-18)38-25(26,27)28)23(37)33(24)15-17-10-11-29-20(14-17)30-21(35)16-32(5)13-12-31(3)4/h6-11,14H,12-13,15-16H2,1-5H3,(H,29,30,35). The third-order valence-electron chi connectivity index (χ3n) is 5.93. The van der Waals surface area contributed by atoms with Gasteiger partial charge in [-0.25, -0.2) is 14.7 Å². The van der Waals surface area contributed by atoms with E-state index < -0.39 is 23.0 Å². The van der Waals surface area contributed by atoms with Crippen LogP contribution in [0, 0.1) is 0 Å². The van der Waals surface area contributed by atoms with Gasteiger partial charge in [0.25, 0.3) is 5.91 Å². The average Bonchev–Trinajstić information content (AvgIpc) is 2.97. The van der Waals surface area contributed by atoms with Gasteiger partial charge >= 0.3 is 11.5 Å². The number of carbonyl (C=O) groups excluding carboxylic acids is 3. The second kappa shape index (κ2) is 11.7. The predicted molar refractivity (Wildman–Crippen MR) is 140 cm³/mol. The van der Waals surface area contributed by atoms with Gasteiger partial charge in [-0.05, 0) is 88.7 Å². The Kier molecular flexibility index (Phi) is 9.05. The van der Waals surface area contributed by atoms with E-state index in [9.17, 15) is 27.6 Å². The number of carbonyl (C=O) groups is 3. The molecule has 38 heavy (non-hydrogen) atoms. The molecule has 0 saturated carbocycles. The molecule has 1 aromatic carbocycles. The minimum atomic E-state index is -4.44. The Morgan fingerprint density at radius 2 is 1.74 bits per heavy atom. The lowest BCUT2D eigenvalue weighted by molar-refractivity contribution is -0.123. The van der Waals surface area contributed by atoms with Crippen molar-refractivity contribution in [3.05, 3.63) is 48.2 Å². The maximum atomic E-state index is 13.3. The molecule has 0 atom stereocenters. The molecule has 0 aliphatic carbocycles. The second-order valence-electron chi connectivity index (χ2n) is 9.75. The molecule has 9 nitrogen and oxygen atoms in total. The molecule has 1 N–H and O–H groups in total. The lowest BCUT2D eigenvalue weighted by atomic mass is 10.0. The van der Waals surface area contributed by atoms with E-state index in [2.05, 4.69) is 10.3 Å². The molecule has 13 heteroatoms. The molecule has 2 aromatic rings. The number of nitrogens with zero attached hydrogens (tertiary/aromatic N) is 5. The molecule has 1 fully saturated rings. The molecule has 0 bridgehead atoms. The van der Waals surface area contributed by atoms with Crippen molar-refractivity contribution in [2.45, 2.75) is 36.3 Å². The van der Waals surface area contributed by atoms with Crippen molar-refractivity contribution < 1.29 is 27.6 Å². The first-order valence-electron chi connectivity index (χ1n) is 11.8. The number of urea groups is 1. The number of alkyl halides is 3. The van der Waals surface area contributed by atoms with Crippen molar-refractivity contribution >= 4 is 41.1 Å². The summed E-state index contributed by atoms with van der Waals surface area (Å²) in [7, 11) is 5.76. The van der Waals surface area contributed by atoms with Crippen molar-refractivity contribution in [1.29, 1.82) is 0 Å². The number of likely N-dealkylation sites (N-methyl/N-ethyl adjacent to an activating group) is 2. The number of pyridine rings is 1. The monoisotopic (exact) mass is 552 g/mol. The number of amides is 4. The molecular weight excluding hydrogens is 521 g/mol. The van der Waals surface area contributed by atoms with E-state index in [1.165, 1.54) is 35.4 Å². The van der Waals surface area contributed by atoms with Gasteiger partial charge < -0.3 is 15.1 Å². The van der Waals surface area contributed by atoms with E-state index in [1.807, 2.05) is 30.9 Å². The number of nitrogens with one attached hydrogen (secondary N) is 1. The third kappa shape index (κ3) is 7.45. The number of halogens is 3. The van der Waals surface area contributed by atoms with Gasteiger partial charge in [-0.1, -0.05) is 0 Å². The summed E-state index contributed by atoms with van der Waals surface area (Å²) in [6.45, 7) is 4.98. The Morgan fingerprint density at radius 3 is 2.34 bits per heavy atom. The quantitative estimate of drug-likeness (QED) is 0.354. The normalized spacial score (nSPS) is 15.6. The van der Waals surface area contributed by atoms with Gasteiger partial charge in [-0.3, -0.25) is 14.5 Å². The van der Waals surface area contributed by atoms with Crippen LogP contribution in [0.1, 0.15) is 19.4 Å². The largest absolute Gasteiger partial charge is 0.446 e. The van der Waals surface area contributed by atoms with Crippen LogP contribution in [-0.2, 0) is 16.1 Å². The van der Waals surface area contributed by atoms with E-state index in [1.54, 1.807) is 26.0 Å². The summed E-state index contributed by atoms with van der Waals surface area (Å²) < 4.78 is 37.9. The zero-order chi connectivity index (χ0) is 28.3.